The van der Waals surface area contributed by atoms with Crippen molar-refractivity contribution >= 4 is 17.5 Å². The predicted molar refractivity (Wildman–Crippen MR) is 71.6 cm³/mol. The van der Waals surface area contributed by atoms with Gasteiger partial charge in [-0.1, -0.05) is 23.7 Å². The van der Waals surface area contributed by atoms with Crippen molar-refractivity contribution in [3.05, 3.63) is 64.9 Å². The van der Waals surface area contributed by atoms with Gasteiger partial charge in [-0.25, -0.2) is 0 Å². The maximum Gasteiger partial charge on any atom is 0.253 e. The maximum absolute atomic E-state index is 11.9. The van der Waals surface area contributed by atoms with Gasteiger partial charge in [0.25, 0.3) is 5.91 Å². The summed E-state index contributed by atoms with van der Waals surface area (Å²) < 4.78 is 0. The molecule has 1 aromatic heterocycles. The lowest BCUT2D eigenvalue weighted by molar-refractivity contribution is 0.0939. The Bertz CT molecular complexity index is 525. The monoisotopic (exact) mass is 260 g/mol. The van der Waals surface area contributed by atoms with Gasteiger partial charge in [0.15, 0.2) is 0 Å². The average Bonchev–Trinajstić information content (AvgIpc) is 2.40. The van der Waals surface area contributed by atoms with Crippen LogP contribution in [0.1, 0.15) is 28.9 Å². The van der Waals surface area contributed by atoms with Gasteiger partial charge >= 0.3 is 0 Å². The predicted octanol–water partition coefficient (Wildman–Crippen LogP) is 3.23. The molecular formula is C14H13ClN2O. The zero-order chi connectivity index (χ0) is 13.0. The number of carbonyl (C=O) groups is 1. The Kier molecular flexibility index (Phi) is 3.95. The lowest BCUT2D eigenvalue weighted by atomic mass is 10.1. The zero-order valence-corrected chi connectivity index (χ0v) is 10.7. The van der Waals surface area contributed by atoms with Crippen LogP contribution in [0, 0.1) is 0 Å². The minimum atomic E-state index is -0.134. The summed E-state index contributed by atoms with van der Waals surface area (Å²) in [5.74, 6) is -0.134. The highest BCUT2D eigenvalue weighted by Gasteiger charge is 2.11. The number of rotatable bonds is 3. The minimum Gasteiger partial charge on any atom is -0.345 e. The van der Waals surface area contributed by atoms with E-state index in [0.29, 0.717) is 10.6 Å². The molecule has 0 saturated carbocycles. The van der Waals surface area contributed by atoms with E-state index >= 15 is 0 Å². The molecule has 1 amide bonds. The van der Waals surface area contributed by atoms with Crippen LogP contribution in [0.5, 0.6) is 0 Å². The summed E-state index contributed by atoms with van der Waals surface area (Å²) in [7, 11) is 0. The topological polar surface area (TPSA) is 42.0 Å². The number of amides is 1. The Morgan fingerprint density at radius 1 is 1.28 bits per heavy atom. The summed E-state index contributed by atoms with van der Waals surface area (Å²) in [6.45, 7) is 1.93. The van der Waals surface area contributed by atoms with Gasteiger partial charge < -0.3 is 5.32 Å². The fourth-order valence-corrected chi connectivity index (χ4v) is 1.74. The number of nitrogens with zero attached hydrogens (tertiary/aromatic N) is 1. The van der Waals surface area contributed by atoms with Gasteiger partial charge in [-0.15, -0.1) is 0 Å². The van der Waals surface area contributed by atoms with Crippen LogP contribution >= 0.6 is 11.6 Å². The SMILES string of the molecule is C[C@H](NC(=O)c1cccnc1)c1ccc(Cl)cc1. The second kappa shape index (κ2) is 5.65. The number of halogens is 1. The summed E-state index contributed by atoms with van der Waals surface area (Å²) in [5, 5.41) is 3.59. The Balaban J connectivity index is 2.06. The van der Waals surface area contributed by atoms with E-state index in [0.717, 1.165) is 5.56 Å². The molecule has 18 heavy (non-hydrogen) atoms. The van der Waals surface area contributed by atoms with Crippen molar-refractivity contribution in [2.24, 2.45) is 0 Å². The average molecular weight is 261 g/mol. The molecule has 1 heterocycles. The van der Waals surface area contributed by atoms with Gasteiger partial charge in [0.1, 0.15) is 0 Å². The first-order valence-electron chi connectivity index (χ1n) is 5.63. The minimum absolute atomic E-state index is 0.0741. The second-order valence-electron chi connectivity index (χ2n) is 3.99. The molecule has 0 aliphatic rings. The molecule has 4 heteroatoms. The van der Waals surface area contributed by atoms with Gasteiger partial charge in [-0.3, -0.25) is 9.78 Å². The summed E-state index contributed by atoms with van der Waals surface area (Å²) in [6.07, 6.45) is 3.18. The first-order valence-corrected chi connectivity index (χ1v) is 6.01. The van der Waals surface area contributed by atoms with E-state index in [-0.39, 0.29) is 11.9 Å². The van der Waals surface area contributed by atoms with E-state index in [9.17, 15) is 4.79 Å². The maximum atomic E-state index is 11.9. The highest BCUT2D eigenvalue weighted by atomic mass is 35.5. The van der Waals surface area contributed by atoms with Crippen molar-refractivity contribution in [2.75, 3.05) is 0 Å². The van der Waals surface area contributed by atoms with Crippen LogP contribution in [0.2, 0.25) is 5.02 Å². The van der Waals surface area contributed by atoms with Crippen LogP contribution in [0.4, 0.5) is 0 Å². The van der Waals surface area contributed by atoms with Gasteiger partial charge in [0.2, 0.25) is 0 Å². The molecule has 0 aliphatic carbocycles. The standard InChI is InChI=1S/C14H13ClN2O/c1-10(11-4-6-13(15)7-5-11)17-14(18)12-3-2-8-16-9-12/h2-10H,1H3,(H,17,18)/t10-/m0/s1. The molecule has 0 aliphatic heterocycles. The highest BCUT2D eigenvalue weighted by Crippen LogP contribution is 2.16. The van der Waals surface area contributed by atoms with E-state index in [2.05, 4.69) is 10.3 Å². The van der Waals surface area contributed by atoms with Gasteiger partial charge in [-0.05, 0) is 36.8 Å². The molecule has 0 spiro atoms. The smallest absolute Gasteiger partial charge is 0.253 e. The van der Waals surface area contributed by atoms with E-state index in [1.807, 2.05) is 31.2 Å². The van der Waals surface area contributed by atoms with Crippen molar-refractivity contribution in [3.63, 3.8) is 0 Å². The number of benzene rings is 1. The molecule has 0 saturated heterocycles. The van der Waals surface area contributed by atoms with Gasteiger partial charge in [-0.2, -0.15) is 0 Å². The summed E-state index contributed by atoms with van der Waals surface area (Å²) in [6, 6.07) is 10.8. The first-order chi connectivity index (χ1) is 8.66. The third-order valence-electron chi connectivity index (χ3n) is 2.64. The summed E-state index contributed by atoms with van der Waals surface area (Å²) >= 11 is 5.82. The largest absolute Gasteiger partial charge is 0.345 e. The third-order valence-corrected chi connectivity index (χ3v) is 2.89. The molecular weight excluding hydrogens is 248 g/mol. The summed E-state index contributed by atoms with van der Waals surface area (Å²) in [4.78, 5) is 15.8. The molecule has 0 unspecified atom stereocenters. The van der Waals surface area contributed by atoms with Crippen molar-refractivity contribution in [2.45, 2.75) is 13.0 Å². The quantitative estimate of drug-likeness (QED) is 0.921. The molecule has 0 fully saturated rings. The first kappa shape index (κ1) is 12.6. The number of nitrogens with one attached hydrogen (secondary N) is 1. The van der Waals surface area contributed by atoms with Crippen LogP contribution in [0.15, 0.2) is 48.8 Å². The number of hydrogen-bond donors (Lipinski definition) is 1. The fourth-order valence-electron chi connectivity index (χ4n) is 1.61. The molecule has 0 bridgehead atoms. The fraction of sp³-hybridized carbons (Fsp3) is 0.143. The lowest BCUT2D eigenvalue weighted by Gasteiger charge is -2.14. The van der Waals surface area contributed by atoms with Crippen LogP contribution in [-0.4, -0.2) is 10.9 Å². The Labute approximate surface area is 111 Å². The Morgan fingerprint density at radius 3 is 2.61 bits per heavy atom. The van der Waals surface area contributed by atoms with Gasteiger partial charge in [0, 0.05) is 17.4 Å². The van der Waals surface area contributed by atoms with Gasteiger partial charge in [0.05, 0.1) is 11.6 Å². The van der Waals surface area contributed by atoms with Crippen molar-refractivity contribution in [1.82, 2.24) is 10.3 Å². The van der Waals surface area contributed by atoms with E-state index in [1.165, 1.54) is 0 Å². The van der Waals surface area contributed by atoms with Crippen molar-refractivity contribution in [3.8, 4) is 0 Å². The van der Waals surface area contributed by atoms with E-state index < -0.39 is 0 Å². The van der Waals surface area contributed by atoms with Crippen molar-refractivity contribution in [1.29, 1.82) is 0 Å². The Morgan fingerprint density at radius 2 is 2.00 bits per heavy atom. The molecule has 1 aromatic carbocycles. The molecule has 2 aromatic rings. The lowest BCUT2D eigenvalue weighted by Crippen LogP contribution is -2.26. The number of aromatic nitrogens is 1. The zero-order valence-electron chi connectivity index (χ0n) is 9.93. The second-order valence-corrected chi connectivity index (χ2v) is 4.42. The molecule has 2 rings (SSSR count). The highest BCUT2D eigenvalue weighted by molar-refractivity contribution is 6.30. The summed E-state index contributed by atoms with van der Waals surface area (Å²) in [5.41, 5.74) is 1.56. The molecule has 1 N–H and O–H groups in total. The Hall–Kier alpha value is -1.87. The van der Waals surface area contributed by atoms with Crippen LogP contribution in [0.3, 0.4) is 0 Å². The van der Waals surface area contributed by atoms with Crippen LogP contribution in [-0.2, 0) is 0 Å². The van der Waals surface area contributed by atoms with E-state index in [4.69, 9.17) is 11.6 Å². The molecule has 1 atom stereocenters. The molecule has 0 radical (unpaired) electrons. The van der Waals surface area contributed by atoms with E-state index in [1.54, 1.807) is 24.5 Å². The third kappa shape index (κ3) is 3.08. The molecule has 92 valence electrons. The van der Waals surface area contributed by atoms with Crippen LogP contribution < -0.4 is 5.32 Å². The number of hydrogen-bond acceptors (Lipinski definition) is 2. The van der Waals surface area contributed by atoms with Crippen molar-refractivity contribution < 1.29 is 4.79 Å². The number of pyridine rings is 1. The number of carbonyl (C=O) groups excluding carboxylic acids is 1. The normalized spacial score (nSPS) is 11.9. The van der Waals surface area contributed by atoms with Crippen LogP contribution in [0.25, 0.3) is 0 Å². The molecule has 3 nitrogen and oxygen atoms in total.